The molecule has 0 radical (unpaired) electrons. The first-order valence-corrected chi connectivity index (χ1v) is 15.7. The molecule has 0 aliphatic carbocycles. The van der Waals surface area contributed by atoms with Crippen LogP contribution < -0.4 is 10.6 Å². The Balaban J connectivity index is 1.49. The lowest BCUT2D eigenvalue weighted by Crippen LogP contribution is -2.42. The second kappa shape index (κ2) is 16.9. The molecule has 10 heteroatoms. The predicted molar refractivity (Wildman–Crippen MR) is 176 cm³/mol. The van der Waals surface area contributed by atoms with Crippen molar-refractivity contribution in [3.63, 3.8) is 0 Å². The van der Waals surface area contributed by atoms with Crippen LogP contribution in [0.4, 0.5) is 0 Å². The topological polar surface area (TPSA) is 137 Å². The van der Waals surface area contributed by atoms with E-state index in [2.05, 4.69) is 15.6 Å². The summed E-state index contributed by atoms with van der Waals surface area (Å²) in [6.45, 7) is 7.19. The number of nitrogens with one attached hydrogen (secondary N) is 2. The Labute approximate surface area is 274 Å². The highest BCUT2D eigenvalue weighted by molar-refractivity contribution is 5.97. The van der Waals surface area contributed by atoms with Crippen molar-refractivity contribution in [1.82, 2.24) is 15.6 Å². The number of aromatic nitrogens is 1. The van der Waals surface area contributed by atoms with Crippen molar-refractivity contribution >= 4 is 23.8 Å². The normalized spacial score (nSPS) is 12.3. The highest BCUT2D eigenvalue weighted by Gasteiger charge is 2.28. The molecule has 4 rings (SSSR count). The third-order valence-corrected chi connectivity index (χ3v) is 7.16. The van der Waals surface area contributed by atoms with Gasteiger partial charge in [0.15, 0.2) is 12.4 Å². The van der Waals surface area contributed by atoms with Gasteiger partial charge in [0.2, 0.25) is 5.89 Å². The van der Waals surface area contributed by atoms with Crippen LogP contribution in [0.5, 0.6) is 0 Å². The molecule has 1 heterocycles. The van der Waals surface area contributed by atoms with Crippen LogP contribution in [0.3, 0.4) is 0 Å². The van der Waals surface area contributed by atoms with E-state index in [1.54, 1.807) is 60.7 Å². The molecule has 47 heavy (non-hydrogen) atoms. The lowest BCUT2D eigenvalue weighted by atomic mass is 10.0. The van der Waals surface area contributed by atoms with Crippen molar-refractivity contribution in [1.29, 1.82) is 0 Å². The van der Waals surface area contributed by atoms with Crippen LogP contribution in [0, 0.1) is 11.8 Å². The lowest BCUT2D eigenvalue weighted by Gasteiger charge is -2.20. The first kappa shape index (κ1) is 34.6. The zero-order chi connectivity index (χ0) is 33.8. The fourth-order valence-corrected chi connectivity index (χ4v) is 4.82. The van der Waals surface area contributed by atoms with Gasteiger partial charge in [0.05, 0.1) is 0 Å². The monoisotopic (exact) mass is 639 g/mol. The summed E-state index contributed by atoms with van der Waals surface area (Å²) in [5, 5.41) is 5.56. The molecule has 4 aromatic rings. The number of esters is 2. The largest absolute Gasteiger partial charge is 0.458 e. The lowest BCUT2D eigenvalue weighted by molar-refractivity contribution is -0.149. The third-order valence-electron chi connectivity index (χ3n) is 7.16. The van der Waals surface area contributed by atoms with E-state index in [-0.39, 0.29) is 54.2 Å². The van der Waals surface area contributed by atoms with Crippen molar-refractivity contribution in [3.8, 4) is 11.5 Å². The average Bonchev–Trinajstić information content (AvgIpc) is 3.49. The van der Waals surface area contributed by atoms with Gasteiger partial charge in [-0.2, -0.15) is 0 Å². The Bertz CT molecular complexity index is 1520. The minimum Gasteiger partial charge on any atom is -0.458 e. The molecule has 3 aromatic carbocycles. The molecule has 0 aliphatic heterocycles. The van der Waals surface area contributed by atoms with E-state index in [1.165, 1.54) is 0 Å². The van der Waals surface area contributed by atoms with Crippen LogP contribution >= 0.6 is 0 Å². The van der Waals surface area contributed by atoms with Crippen LogP contribution in [-0.4, -0.2) is 40.8 Å². The molecule has 0 bridgehead atoms. The van der Waals surface area contributed by atoms with Gasteiger partial charge in [0.25, 0.3) is 11.8 Å². The van der Waals surface area contributed by atoms with Crippen LogP contribution in [0.15, 0.2) is 95.4 Å². The van der Waals surface area contributed by atoms with E-state index in [0.717, 1.165) is 0 Å². The van der Waals surface area contributed by atoms with Crippen LogP contribution in [-0.2, 0) is 32.3 Å². The number of ether oxygens (including phenoxy) is 2. The second-order valence-electron chi connectivity index (χ2n) is 12.0. The van der Waals surface area contributed by atoms with Crippen molar-refractivity contribution in [2.24, 2.45) is 11.8 Å². The van der Waals surface area contributed by atoms with Crippen molar-refractivity contribution in [3.05, 3.63) is 114 Å². The van der Waals surface area contributed by atoms with Gasteiger partial charge in [0.1, 0.15) is 24.4 Å². The smallest absolute Gasteiger partial charge is 0.329 e. The summed E-state index contributed by atoms with van der Waals surface area (Å²) >= 11 is 0. The van der Waals surface area contributed by atoms with Gasteiger partial charge in [0, 0.05) is 16.7 Å². The summed E-state index contributed by atoms with van der Waals surface area (Å²) in [5.41, 5.74) is 1.80. The average molecular weight is 640 g/mol. The Kier molecular flexibility index (Phi) is 12.4. The zero-order valence-corrected chi connectivity index (χ0v) is 27.1. The van der Waals surface area contributed by atoms with Gasteiger partial charge in [-0.3, -0.25) is 9.59 Å². The van der Waals surface area contributed by atoms with E-state index in [4.69, 9.17) is 13.9 Å². The number of rotatable bonds is 15. The first-order valence-electron chi connectivity index (χ1n) is 15.7. The Morgan fingerprint density at radius 2 is 1.06 bits per heavy atom. The summed E-state index contributed by atoms with van der Waals surface area (Å²) in [6, 6.07) is 24.6. The number of hydrogen-bond acceptors (Lipinski definition) is 8. The number of amides is 2. The maximum absolute atomic E-state index is 13.3. The number of carbonyl (C=O) groups excluding carboxylic acids is 4. The maximum atomic E-state index is 13.3. The predicted octanol–water partition coefficient (Wildman–Crippen LogP) is 6.12. The van der Waals surface area contributed by atoms with Gasteiger partial charge in [-0.1, -0.05) is 82.3 Å². The summed E-state index contributed by atoms with van der Waals surface area (Å²) in [7, 11) is 0. The van der Waals surface area contributed by atoms with E-state index in [9.17, 15) is 19.2 Å². The molecular formula is C37H41N3O7. The molecule has 0 spiro atoms. The molecule has 0 unspecified atom stereocenters. The molecule has 1 aromatic heterocycles. The van der Waals surface area contributed by atoms with Gasteiger partial charge >= 0.3 is 11.9 Å². The van der Waals surface area contributed by atoms with E-state index >= 15 is 0 Å². The Hall–Kier alpha value is -5.25. The van der Waals surface area contributed by atoms with E-state index in [1.807, 2.05) is 58.0 Å². The van der Waals surface area contributed by atoms with Crippen molar-refractivity contribution < 1.29 is 33.1 Å². The molecule has 2 amide bonds. The molecular weight excluding hydrogens is 598 g/mol. The van der Waals surface area contributed by atoms with Crippen molar-refractivity contribution in [2.75, 3.05) is 0 Å². The summed E-state index contributed by atoms with van der Waals surface area (Å²) in [5.74, 6) is -1.40. The third kappa shape index (κ3) is 10.4. The Morgan fingerprint density at radius 3 is 1.51 bits per heavy atom. The minimum atomic E-state index is -0.898. The molecule has 0 saturated heterocycles. The SMILES string of the molecule is CC(C)C[C@H](NC(=O)c1ccccc1)C(=O)OCc1nc(-c2ccccc2)oc1COC(=O)[C@@H](CC(C)C)NC(=O)c1ccccc1. The number of hydrogen-bond donors (Lipinski definition) is 2. The molecule has 0 saturated carbocycles. The second-order valence-corrected chi connectivity index (χ2v) is 12.0. The summed E-state index contributed by atoms with van der Waals surface area (Å²) in [6.07, 6.45) is 0.724. The van der Waals surface area contributed by atoms with Crippen LogP contribution in [0.1, 0.15) is 72.7 Å². The van der Waals surface area contributed by atoms with E-state index < -0.39 is 24.0 Å². The van der Waals surface area contributed by atoms with Gasteiger partial charge in [-0.25, -0.2) is 14.6 Å². The maximum Gasteiger partial charge on any atom is 0.329 e. The summed E-state index contributed by atoms with van der Waals surface area (Å²) in [4.78, 5) is 56.7. The zero-order valence-electron chi connectivity index (χ0n) is 27.1. The molecule has 0 aliphatic rings. The molecule has 2 N–H and O–H groups in total. The Morgan fingerprint density at radius 1 is 0.638 bits per heavy atom. The molecule has 10 nitrogen and oxygen atoms in total. The number of oxazole rings is 1. The number of carbonyl (C=O) groups is 4. The van der Waals surface area contributed by atoms with Gasteiger partial charge in [-0.05, 0) is 61.1 Å². The minimum absolute atomic E-state index is 0.0923. The van der Waals surface area contributed by atoms with Gasteiger partial charge in [-0.15, -0.1) is 0 Å². The van der Waals surface area contributed by atoms with E-state index in [0.29, 0.717) is 29.5 Å². The summed E-state index contributed by atoms with van der Waals surface area (Å²) < 4.78 is 17.3. The molecule has 0 fully saturated rings. The van der Waals surface area contributed by atoms with Crippen molar-refractivity contribution in [2.45, 2.75) is 65.8 Å². The highest BCUT2D eigenvalue weighted by Crippen LogP contribution is 2.24. The van der Waals surface area contributed by atoms with Gasteiger partial charge < -0.3 is 24.5 Å². The quantitative estimate of drug-likeness (QED) is 0.149. The van der Waals surface area contributed by atoms with Crippen LogP contribution in [0.2, 0.25) is 0 Å². The first-order chi connectivity index (χ1) is 22.6. The molecule has 2 atom stereocenters. The number of benzene rings is 3. The van der Waals surface area contributed by atoms with Crippen LogP contribution in [0.25, 0.3) is 11.5 Å². The fourth-order valence-electron chi connectivity index (χ4n) is 4.82. The standard InChI is InChI=1S/C37H41N3O7/c1-24(2)20-29(38-33(41)26-14-8-5-9-15-26)36(43)45-22-31-32(47-35(40-31)28-18-12-7-13-19-28)23-46-37(44)30(21-25(3)4)39-34(42)27-16-10-6-11-17-27/h5-19,24-25,29-30H,20-23H2,1-4H3,(H,38,41)(H,39,42)/t29-,30+/m0/s1. The fraction of sp³-hybridized carbons (Fsp3) is 0.324. The number of nitrogens with zero attached hydrogens (tertiary/aromatic N) is 1. The highest BCUT2D eigenvalue weighted by atomic mass is 16.5. The molecule has 246 valence electrons.